The van der Waals surface area contributed by atoms with Crippen LogP contribution in [0.3, 0.4) is 0 Å². The van der Waals surface area contributed by atoms with Gasteiger partial charge in [-0.3, -0.25) is 14.2 Å². The molecule has 0 saturated carbocycles. The van der Waals surface area contributed by atoms with E-state index in [1.54, 1.807) is 10.9 Å². The molecule has 7 heteroatoms. The van der Waals surface area contributed by atoms with Crippen molar-refractivity contribution in [2.75, 3.05) is 26.2 Å². The summed E-state index contributed by atoms with van der Waals surface area (Å²) >= 11 is 1.30. The van der Waals surface area contributed by atoms with Gasteiger partial charge in [0, 0.05) is 19.6 Å². The highest BCUT2D eigenvalue weighted by atomic mass is 32.1. The van der Waals surface area contributed by atoms with Gasteiger partial charge in [0.1, 0.15) is 4.83 Å². The van der Waals surface area contributed by atoms with Crippen LogP contribution in [0.25, 0.3) is 10.2 Å². The smallest absolute Gasteiger partial charge is 0.262 e. The van der Waals surface area contributed by atoms with Gasteiger partial charge in [-0.2, -0.15) is 0 Å². The monoisotopic (exact) mass is 378 g/mol. The van der Waals surface area contributed by atoms with Gasteiger partial charge in [-0.1, -0.05) is 33.6 Å². The fourth-order valence-corrected chi connectivity index (χ4v) is 4.07. The van der Waals surface area contributed by atoms with Crippen molar-refractivity contribution in [3.63, 3.8) is 0 Å². The Morgan fingerprint density at radius 2 is 2.00 bits per heavy atom. The van der Waals surface area contributed by atoms with Crippen LogP contribution in [0.1, 0.15) is 55.3 Å². The lowest BCUT2D eigenvalue weighted by Crippen LogP contribution is -2.34. The Balaban J connectivity index is 2.16. The lowest BCUT2D eigenvalue weighted by atomic mass is 10.2. The van der Waals surface area contributed by atoms with E-state index in [2.05, 4.69) is 36.0 Å². The number of rotatable bonds is 10. The summed E-state index contributed by atoms with van der Waals surface area (Å²) < 4.78 is 1.67. The number of nitrogens with zero attached hydrogens (tertiary/aromatic N) is 3. The number of amides is 1. The number of aromatic nitrogens is 2. The van der Waals surface area contributed by atoms with E-state index in [-0.39, 0.29) is 11.5 Å². The molecule has 0 atom stereocenters. The molecular formula is C19H30N4O2S. The molecule has 2 rings (SSSR count). The number of hydrogen-bond acceptors (Lipinski definition) is 5. The molecular weight excluding hydrogens is 348 g/mol. The standard InChI is InChI=1S/C19H30N4O2S/c1-5-8-9-11-23-13-21-18-15(19(23)25)14(4)16(26-18)17(24)20-10-12-22(6-2)7-3/h13H,5-12H2,1-4H3,(H,20,24). The number of hydrogen-bond donors (Lipinski definition) is 1. The van der Waals surface area contributed by atoms with E-state index in [1.165, 1.54) is 11.3 Å². The molecule has 144 valence electrons. The Hall–Kier alpha value is -1.73. The third-order valence-corrected chi connectivity index (χ3v) is 5.93. The summed E-state index contributed by atoms with van der Waals surface area (Å²) in [6, 6.07) is 0. The molecule has 0 aliphatic carbocycles. The largest absolute Gasteiger partial charge is 0.350 e. The molecule has 0 unspecified atom stereocenters. The van der Waals surface area contributed by atoms with Gasteiger partial charge in [0.25, 0.3) is 11.5 Å². The lowest BCUT2D eigenvalue weighted by molar-refractivity contribution is 0.0952. The topological polar surface area (TPSA) is 67.2 Å². The van der Waals surface area contributed by atoms with Crippen LogP contribution in [-0.4, -0.2) is 46.5 Å². The first kappa shape index (κ1) is 20.6. The predicted molar refractivity (Wildman–Crippen MR) is 108 cm³/mol. The number of aryl methyl sites for hydroxylation is 2. The average molecular weight is 379 g/mol. The Bertz CT molecular complexity index is 793. The van der Waals surface area contributed by atoms with Crippen molar-refractivity contribution in [3.8, 4) is 0 Å². The first-order valence-corrected chi connectivity index (χ1v) is 10.3. The predicted octanol–water partition coefficient (Wildman–Crippen LogP) is 3.03. The van der Waals surface area contributed by atoms with Crippen molar-refractivity contribution >= 4 is 27.5 Å². The van der Waals surface area contributed by atoms with Crippen LogP contribution in [0.5, 0.6) is 0 Å². The summed E-state index contributed by atoms with van der Waals surface area (Å²) in [5, 5.41) is 3.56. The van der Waals surface area contributed by atoms with Gasteiger partial charge in [0.15, 0.2) is 0 Å². The van der Waals surface area contributed by atoms with Crippen LogP contribution in [0, 0.1) is 6.92 Å². The number of likely N-dealkylation sites (N-methyl/N-ethyl adjacent to an activating group) is 1. The Kier molecular flexibility index (Phi) is 7.78. The van der Waals surface area contributed by atoms with Crippen LogP contribution in [0.15, 0.2) is 11.1 Å². The first-order valence-electron chi connectivity index (χ1n) is 9.52. The molecule has 0 spiro atoms. The SMILES string of the molecule is CCCCCn1cnc2sc(C(=O)NCCN(CC)CC)c(C)c2c1=O. The minimum atomic E-state index is -0.116. The van der Waals surface area contributed by atoms with Crippen molar-refractivity contribution in [1.82, 2.24) is 19.8 Å². The Labute approximate surface area is 159 Å². The molecule has 1 N–H and O–H groups in total. The van der Waals surface area contributed by atoms with E-state index < -0.39 is 0 Å². The number of fused-ring (bicyclic) bond motifs is 1. The van der Waals surface area contributed by atoms with Gasteiger partial charge >= 0.3 is 0 Å². The summed E-state index contributed by atoms with van der Waals surface area (Å²) in [4.78, 5) is 33.2. The zero-order chi connectivity index (χ0) is 19.1. The van der Waals surface area contributed by atoms with Crippen molar-refractivity contribution in [1.29, 1.82) is 0 Å². The highest BCUT2D eigenvalue weighted by Crippen LogP contribution is 2.26. The van der Waals surface area contributed by atoms with Crippen LogP contribution in [0.4, 0.5) is 0 Å². The van der Waals surface area contributed by atoms with Crippen LogP contribution < -0.4 is 10.9 Å². The minimum absolute atomic E-state index is 0.0398. The van der Waals surface area contributed by atoms with E-state index in [4.69, 9.17) is 0 Å². The van der Waals surface area contributed by atoms with E-state index >= 15 is 0 Å². The molecule has 0 radical (unpaired) electrons. The quantitative estimate of drug-likeness (QED) is 0.645. The summed E-state index contributed by atoms with van der Waals surface area (Å²) in [6.45, 7) is 12.2. The van der Waals surface area contributed by atoms with Crippen LogP contribution in [-0.2, 0) is 6.54 Å². The van der Waals surface area contributed by atoms with Crippen molar-refractivity contribution in [3.05, 3.63) is 27.1 Å². The van der Waals surface area contributed by atoms with E-state index in [9.17, 15) is 9.59 Å². The lowest BCUT2D eigenvalue weighted by Gasteiger charge is -2.17. The van der Waals surface area contributed by atoms with Gasteiger partial charge in [0.2, 0.25) is 0 Å². The number of thiophene rings is 1. The minimum Gasteiger partial charge on any atom is -0.350 e. The molecule has 26 heavy (non-hydrogen) atoms. The van der Waals surface area contributed by atoms with Gasteiger partial charge in [-0.25, -0.2) is 4.98 Å². The average Bonchev–Trinajstić information content (AvgIpc) is 2.98. The zero-order valence-electron chi connectivity index (χ0n) is 16.3. The van der Waals surface area contributed by atoms with Crippen molar-refractivity contribution < 1.29 is 4.79 Å². The molecule has 2 aromatic heterocycles. The Morgan fingerprint density at radius 1 is 1.27 bits per heavy atom. The van der Waals surface area contributed by atoms with E-state index in [1.807, 2.05) is 6.92 Å². The molecule has 1 amide bonds. The normalized spacial score (nSPS) is 11.4. The van der Waals surface area contributed by atoms with Gasteiger partial charge in [-0.05, 0) is 32.0 Å². The molecule has 2 aromatic rings. The first-order chi connectivity index (χ1) is 12.5. The maximum Gasteiger partial charge on any atom is 0.262 e. The second-order valence-electron chi connectivity index (χ2n) is 6.47. The highest BCUT2D eigenvalue weighted by molar-refractivity contribution is 7.20. The number of carbonyl (C=O) groups is 1. The van der Waals surface area contributed by atoms with E-state index in [0.29, 0.717) is 28.2 Å². The number of unbranched alkanes of at least 4 members (excludes halogenated alkanes) is 2. The van der Waals surface area contributed by atoms with Gasteiger partial charge in [0.05, 0.1) is 16.6 Å². The molecule has 0 saturated heterocycles. The summed E-state index contributed by atoms with van der Waals surface area (Å²) in [7, 11) is 0. The number of nitrogens with one attached hydrogen (secondary N) is 1. The van der Waals surface area contributed by atoms with Gasteiger partial charge in [-0.15, -0.1) is 11.3 Å². The second kappa shape index (κ2) is 9.83. The van der Waals surface area contributed by atoms with E-state index in [0.717, 1.165) is 44.5 Å². The fraction of sp³-hybridized carbons (Fsp3) is 0.632. The molecule has 0 bridgehead atoms. The number of carbonyl (C=O) groups excluding carboxylic acids is 1. The highest BCUT2D eigenvalue weighted by Gasteiger charge is 2.19. The molecule has 0 aliphatic rings. The third kappa shape index (κ3) is 4.71. The zero-order valence-corrected chi connectivity index (χ0v) is 17.1. The summed E-state index contributed by atoms with van der Waals surface area (Å²) in [5.41, 5.74) is 0.703. The van der Waals surface area contributed by atoms with Crippen molar-refractivity contribution in [2.45, 2.75) is 53.5 Å². The molecule has 0 fully saturated rings. The third-order valence-electron chi connectivity index (χ3n) is 4.73. The van der Waals surface area contributed by atoms with Crippen LogP contribution in [0.2, 0.25) is 0 Å². The second-order valence-corrected chi connectivity index (χ2v) is 7.47. The van der Waals surface area contributed by atoms with Gasteiger partial charge < -0.3 is 10.2 Å². The molecule has 0 aliphatic heterocycles. The van der Waals surface area contributed by atoms with Crippen molar-refractivity contribution in [2.24, 2.45) is 0 Å². The maximum absolute atomic E-state index is 12.8. The summed E-state index contributed by atoms with van der Waals surface area (Å²) in [6.07, 6.45) is 4.77. The fourth-order valence-electron chi connectivity index (χ4n) is 3.01. The molecule has 0 aromatic carbocycles. The molecule has 2 heterocycles. The van der Waals surface area contributed by atoms with Crippen LogP contribution >= 0.6 is 11.3 Å². The molecule has 6 nitrogen and oxygen atoms in total. The Morgan fingerprint density at radius 3 is 2.65 bits per heavy atom. The maximum atomic E-state index is 12.8. The summed E-state index contributed by atoms with van der Waals surface area (Å²) in [5.74, 6) is -0.116.